The lowest BCUT2D eigenvalue weighted by Gasteiger charge is -2.01. The van der Waals surface area contributed by atoms with E-state index in [0.717, 1.165) is 24.3 Å². The van der Waals surface area contributed by atoms with Crippen LogP contribution in [0.1, 0.15) is 28.9 Å². The fourth-order valence-corrected chi connectivity index (χ4v) is 2.30. The third kappa shape index (κ3) is 3.43. The SMILES string of the molecule is C=CCCNC(=O)c1ccc(NC(=O)C2CC2)s1. The van der Waals surface area contributed by atoms with Crippen LogP contribution in [0.5, 0.6) is 0 Å². The summed E-state index contributed by atoms with van der Waals surface area (Å²) >= 11 is 1.30. The Hall–Kier alpha value is -1.62. The quantitative estimate of drug-likeness (QED) is 0.612. The van der Waals surface area contributed by atoms with Gasteiger partial charge in [-0.25, -0.2) is 0 Å². The van der Waals surface area contributed by atoms with Crippen molar-refractivity contribution in [3.8, 4) is 0 Å². The first kappa shape index (κ1) is 12.8. The third-order valence-corrected chi connectivity index (χ3v) is 3.66. The van der Waals surface area contributed by atoms with Crippen LogP contribution in [0.3, 0.4) is 0 Å². The van der Waals surface area contributed by atoms with E-state index in [-0.39, 0.29) is 17.7 Å². The molecule has 2 amide bonds. The molecule has 0 bridgehead atoms. The Bertz CT molecular complexity index is 463. The lowest BCUT2D eigenvalue weighted by atomic mass is 10.4. The van der Waals surface area contributed by atoms with E-state index in [1.165, 1.54) is 11.3 Å². The van der Waals surface area contributed by atoms with Gasteiger partial charge in [0, 0.05) is 12.5 Å². The number of amides is 2. The largest absolute Gasteiger partial charge is 0.351 e. The molecule has 18 heavy (non-hydrogen) atoms. The molecule has 1 saturated carbocycles. The molecule has 1 heterocycles. The minimum absolute atomic E-state index is 0.0652. The Balaban J connectivity index is 1.86. The molecule has 4 nitrogen and oxygen atoms in total. The summed E-state index contributed by atoms with van der Waals surface area (Å²) in [4.78, 5) is 23.9. The first-order valence-electron chi connectivity index (χ1n) is 6.00. The van der Waals surface area contributed by atoms with Crippen LogP contribution in [-0.4, -0.2) is 18.4 Å². The van der Waals surface area contributed by atoms with Gasteiger partial charge in [0.1, 0.15) is 0 Å². The molecule has 1 aromatic heterocycles. The molecular formula is C13H16N2O2S. The average molecular weight is 264 g/mol. The second-order valence-corrected chi connectivity index (χ2v) is 5.34. The topological polar surface area (TPSA) is 58.2 Å². The van der Waals surface area contributed by atoms with Crippen LogP contribution in [0.25, 0.3) is 0 Å². The number of nitrogens with one attached hydrogen (secondary N) is 2. The van der Waals surface area contributed by atoms with Gasteiger partial charge in [-0.15, -0.1) is 17.9 Å². The maximum atomic E-state index is 11.7. The Labute approximate surface area is 110 Å². The van der Waals surface area contributed by atoms with Gasteiger partial charge in [0.25, 0.3) is 5.91 Å². The van der Waals surface area contributed by atoms with Crippen LogP contribution in [0.2, 0.25) is 0 Å². The highest BCUT2D eigenvalue weighted by molar-refractivity contribution is 7.18. The van der Waals surface area contributed by atoms with E-state index < -0.39 is 0 Å². The zero-order valence-electron chi connectivity index (χ0n) is 10.1. The Morgan fingerprint density at radius 2 is 2.22 bits per heavy atom. The lowest BCUT2D eigenvalue weighted by Crippen LogP contribution is -2.23. The second kappa shape index (κ2) is 5.82. The van der Waals surface area contributed by atoms with Crippen molar-refractivity contribution >= 4 is 28.2 Å². The van der Waals surface area contributed by atoms with Crippen LogP contribution in [0.4, 0.5) is 5.00 Å². The van der Waals surface area contributed by atoms with Gasteiger partial charge < -0.3 is 10.6 Å². The van der Waals surface area contributed by atoms with E-state index in [0.29, 0.717) is 11.4 Å². The summed E-state index contributed by atoms with van der Waals surface area (Å²) in [7, 11) is 0. The molecule has 0 aliphatic heterocycles. The van der Waals surface area contributed by atoms with Crippen LogP contribution in [0.15, 0.2) is 24.8 Å². The van der Waals surface area contributed by atoms with E-state index in [9.17, 15) is 9.59 Å². The Morgan fingerprint density at radius 3 is 2.89 bits per heavy atom. The van der Waals surface area contributed by atoms with Crippen molar-refractivity contribution in [2.45, 2.75) is 19.3 Å². The zero-order valence-corrected chi connectivity index (χ0v) is 10.9. The molecule has 1 fully saturated rings. The number of thiophene rings is 1. The van der Waals surface area contributed by atoms with Gasteiger partial charge >= 0.3 is 0 Å². The predicted molar refractivity (Wildman–Crippen MR) is 72.8 cm³/mol. The summed E-state index contributed by atoms with van der Waals surface area (Å²) in [5, 5.41) is 6.36. The third-order valence-electron chi connectivity index (χ3n) is 2.66. The van der Waals surface area contributed by atoms with Crippen LogP contribution in [0, 0.1) is 5.92 Å². The molecule has 5 heteroatoms. The maximum Gasteiger partial charge on any atom is 0.261 e. The van der Waals surface area contributed by atoms with E-state index in [1.807, 2.05) is 0 Å². The fraction of sp³-hybridized carbons (Fsp3) is 0.385. The number of hydrogen-bond acceptors (Lipinski definition) is 3. The van der Waals surface area contributed by atoms with Gasteiger partial charge in [0.05, 0.1) is 9.88 Å². The Kier molecular flexibility index (Phi) is 4.15. The molecule has 1 aliphatic rings. The molecule has 0 saturated heterocycles. The molecule has 96 valence electrons. The highest BCUT2D eigenvalue weighted by atomic mass is 32.1. The fourth-order valence-electron chi connectivity index (χ4n) is 1.47. The average Bonchev–Trinajstić information content (AvgIpc) is 3.10. The summed E-state index contributed by atoms with van der Waals surface area (Å²) in [5.74, 6) is 0.140. The molecule has 1 aromatic rings. The standard InChI is InChI=1S/C13H16N2O2S/c1-2-3-8-14-13(17)10-6-7-11(18-10)15-12(16)9-4-5-9/h2,6-7,9H,1,3-5,8H2,(H,14,17)(H,15,16). The summed E-state index contributed by atoms with van der Waals surface area (Å²) in [5.41, 5.74) is 0. The van der Waals surface area contributed by atoms with Gasteiger partial charge in [-0.05, 0) is 31.4 Å². The van der Waals surface area contributed by atoms with Crippen molar-refractivity contribution in [1.29, 1.82) is 0 Å². The molecule has 1 aliphatic carbocycles. The first-order valence-corrected chi connectivity index (χ1v) is 6.82. The maximum absolute atomic E-state index is 11.7. The minimum Gasteiger partial charge on any atom is -0.351 e. The van der Waals surface area contributed by atoms with Gasteiger partial charge in [-0.2, -0.15) is 0 Å². The summed E-state index contributed by atoms with van der Waals surface area (Å²) in [6, 6.07) is 3.50. The molecule has 0 atom stereocenters. The van der Waals surface area contributed by atoms with E-state index in [4.69, 9.17) is 0 Å². The zero-order chi connectivity index (χ0) is 13.0. The summed E-state index contributed by atoms with van der Waals surface area (Å²) in [6.45, 7) is 4.18. The number of carbonyl (C=O) groups excluding carboxylic acids is 2. The summed E-state index contributed by atoms with van der Waals surface area (Å²) < 4.78 is 0. The number of anilines is 1. The van der Waals surface area contributed by atoms with Crippen molar-refractivity contribution in [1.82, 2.24) is 5.32 Å². The number of carbonyl (C=O) groups is 2. The normalized spacial score (nSPS) is 14.0. The highest BCUT2D eigenvalue weighted by Gasteiger charge is 2.29. The van der Waals surface area contributed by atoms with Gasteiger partial charge in [-0.3, -0.25) is 9.59 Å². The van der Waals surface area contributed by atoms with Gasteiger partial charge in [0.15, 0.2) is 0 Å². The lowest BCUT2D eigenvalue weighted by molar-refractivity contribution is -0.117. The number of rotatable bonds is 6. The first-order chi connectivity index (χ1) is 8.70. The molecule has 0 aromatic carbocycles. The molecule has 2 rings (SSSR count). The minimum atomic E-state index is -0.103. The number of hydrogen-bond donors (Lipinski definition) is 2. The van der Waals surface area contributed by atoms with Crippen molar-refractivity contribution in [2.24, 2.45) is 5.92 Å². The van der Waals surface area contributed by atoms with Crippen LogP contribution >= 0.6 is 11.3 Å². The molecule has 0 unspecified atom stereocenters. The molecule has 2 N–H and O–H groups in total. The predicted octanol–water partition coefficient (Wildman–Crippen LogP) is 2.40. The monoisotopic (exact) mass is 264 g/mol. The van der Waals surface area contributed by atoms with Crippen LogP contribution in [-0.2, 0) is 4.79 Å². The smallest absolute Gasteiger partial charge is 0.261 e. The second-order valence-electron chi connectivity index (χ2n) is 4.26. The Morgan fingerprint density at radius 1 is 1.44 bits per heavy atom. The summed E-state index contributed by atoms with van der Waals surface area (Å²) in [6.07, 6.45) is 4.47. The van der Waals surface area contributed by atoms with Crippen molar-refractivity contribution in [2.75, 3.05) is 11.9 Å². The van der Waals surface area contributed by atoms with Crippen molar-refractivity contribution in [3.63, 3.8) is 0 Å². The van der Waals surface area contributed by atoms with Gasteiger partial charge in [-0.1, -0.05) is 6.08 Å². The van der Waals surface area contributed by atoms with Gasteiger partial charge in [0.2, 0.25) is 5.91 Å². The van der Waals surface area contributed by atoms with Crippen molar-refractivity contribution < 1.29 is 9.59 Å². The van der Waals surface area contributed by atoms with E-state index >= 15 is 0 Å². The van der Waals surface area contributed by atoms with Crippen molar-refractivity contribution in [3.05, 3.63) is 29.7 Å². The molecular weight excluding hydrogens is 248 g/mol. The van der Waals surface area contributed by atoms with E-state index in [2.05, 4.69) is 17.2 Å². The molecule has 0 spiro atoms. The van der Waals surface area contributed by atoms with E-state index in [1.54, 1.807) is 18.2 Å². The molecule has 0 radical (unpaired) electrons. The van der Waals surface area contributed by atoms with Crippen LogP contribution < -0.4 is 10.6 Å². The highest BCUT2D eigenvalue weighted by Crippen LogP contribution is 2.31.